The Morgan fingerprint density at radius 1 is 0.923 bits per heavy atom. The van der Waals surface area contributed by atoms with Crippen LogP contribution in [0.1, 0.15) is 46.0 Å². The zero-order valence-corrected chi connectivity index (χ0v) is 19.1. The molecule has 6 heteroatoms. The third kappa shape index (κ3) is 13.7. The average molecular weight is 414 g/mol. The molecule has 0 N–H and O–H groups in total. The summed E-state index contributed by atoms with van der Waals surface area (Å²) < 4.78 is 22.0. The summed E-state index contributed by atoms with van der Waals surface area (Å²) in [6, 6.07) is 0. The lowest BCUT2D eigenvalue weighted by atomic mass is 10.1. The summed E-state index contributed by atoms with van der Waals surface area (Å²) >= 11 is 0. The highest BCUT2D eigenvalue weighted by Crippen LogP contribution is 2.22. The van der Waals surface area contributed by atoms with Crippen molar-refractivity contribution in [3.05, 3.63) is 60.8 Å². The molecule has 0 spiro atoms. The van der Waals surface area contributed by atoms with Crippen molar-refractivity contribution < 1.29 is 13.6 Å². The van der Waals surface area contributed by atoms with Crippen molar-refractivity contribution in [3.8, 4) is 0 Å². The fourth-order valence-corrected chi connectivity index (χ4v) is 3.31. The maximum atomic E-state index is 11.4. The molecule has 0 saturated carbocycles. The average Bonchev–Trinajstić information content (AvgIpc) is 2.67. The van der Waals surface area contributed by atoms with Crippen LogP contribution in [0.25, 0.3) is 0 Å². The number of allylic oxidation sites excluding steroid dienone is 7. The van der Waals surface area contributed by atoms with Crippen LogP contribution < -0.4 is 0 Å². The van der Waals surface area contributed by atoms with E-state index >= 15 is 0 Å². The quantitative estimate of drug-likeness (QED) is 0.169. The van der Waals surface area contributed by atoms with E-state index < -0.39 is 0 Å². The van der Waals surface area contributed by atoms with Gasteiger partial charge in [-0.25, -0.2) is 0 Å². The molecule has 0 aromatic carbocycles. The summed E-state index contributed by atoms with van der Waals surface area (Å²) in [5.41, 5.74) is -0.122. The Bertz CT molecular complexity index is 485. The Morgan fingerprint density at radius 3 is 2.12 bits per heavy atom. The molecule has 146 valence electrons. The van der Waals surface area contributed by atoms with Gasteiger partial charge in [-0.15, -0.1) is 0 Å². The van der Waals surface area contributed by atoms with Crippen molar-refractivity contribution in [2.45, 2.75) is 63.8 Å². The van der Waals surface area contributed by atoms with Crippen LogP contribution in [0.5, 0.6) is 0 Å². The lowest BCUT2D eigenvalue weighted by Crippen LogP contribution is -2.19. The molecule has 5 unspecified atom stereocenters. The highest BCUT2D eigenvalue weighted by Gasteiger charge is 2.18. The maximum absolute atomic E-state index is 11.4. The third-order valence-corrected chi connectivity index (χ3v) is 5.10. The Morgan fingerprint density at radius 2 is 1.58 bits per heavy atom. The van der Waals surface area contributed by atoms with Gasteiger partial charge >= 0.3 is 0 Å². The number of unbranched alkanes of at least 4 members (excludes halogenated alkanes) is 1. The molecule has 0 rings (SSSR count). The molecule has 0 aromatic rings. The second-order valence-corrected chi connectivity index (χ2v) is 7.09. The minimum atomic E-state index is -0.122. The number of rotatable bonds is 15. The molecule has 0 fully saturated rings. The summed E-state index contributed by atoms with van der Waals surface area (Å²) in [4.78, 5) is 0. The van der Waals surface area contributed by atoms with Gasteiger partial charge in [-0.3, -0.25) is 4.57 Å². The molecule has 0 heterocycles. The van der Waals surface area contributed by atoms with Gasteiger partial charge in [0, 0.05) is 18.9 Å². The van der Waals surface area contributed by atoms with Crippen molar-refractivity contribution in [1.82, 2.24) is 0 Å². The predicted molar refractivity (Wildman–Crippen MR) is 121 cm³/mol. The first-order chi connectivity index (χ1) is 12.7. The van der Waals surface area contributed by atoms with Gasteiger partial charge in [0.2, 0.25) is 0 Å². The van der Waals surface area contributed by atoms with Gasteiger partial charge in [-0.05, 0) is 19.3 Å². The van der Waals surface area contributed by atoms with Crippen molar-refractivity contribution in [1.29, 1.82) is 0 Å². The highest BCUT2D eigenvalue weighted by atomic mass is 31.1. The van der Waals surface area contributed by atoms with Gasteiger partial charge in [-0.1, -0.05) is 87.4 Å². The molecular weight excluding hydrogens is 381 g/mol. The standard InChI is InChI=1S/C20H33O3P3/c1-3-5-11-14-18(22-24)15-12-9-7-8-10-13-17-20(26-21)19(23-25)16-6-4-2/h5,7-13,15,17-20H,3-4,6,14,16,24-25H2,1-2H3/b9-7-,10-8+,11-5-,15-12+,17-13+. The molecule has 0 aromatic heterocycles. The van der Waals surface area contributed by atoms with Crippen LogP contribution in [0.4, 0.5) is 0 Å². The maximum Gasteiger partial charge on any atom is 0.165 e. The van der Waals surface area contributed by atoms with E-state index in [0.29, 0.717) is 0 Å². The highest BCUT2D eigenvalue weighted by molar-refractivity contribution is 7.25. The Labute approximate surface area is 165 Å². The second kappa shape index (κ2) is 19.3. The van der Waals surface area contributed by atoms with E-state index in [-0.39, 0.29) is 26.3 Å². The van der Waals surface area contributed by atoms with Gasteiger partial charge < -0.3 is 9.05 Å². The minimum Gasteiger partial charge on any atom is -0.361 e. The van der Waals surface area contributed by atoms with Gasteiger partial charge in [0.05, 0.1) is 17.9 Å². The molecule has 0 radical (unpaired) electrons. The molecule has 0 bridgehead atoms. The summed E-state index contributed by atoms with van der Waals surface area (Å²) in [5.74, 6) is 0. The molecular formula is C20H33O3P3. The first-order valence-corrected chi connectivity index (χ1v) is 10.9. The van der Waals surface area contributed by atoms with Crippen LogP contribution >= 0.6 is 27.4 Å². The van der Waals surface area contributed by atoms with E-state index in [1.165, 1.54) is 0 Å². The monoisotopic (exact) mass is 414 g/mol. The van der Waals surface area contributed by atoms with E-state index in [2.05, 4.69) is 44.9 Å². The molecule has 0 aliphatic carbocycles. The van der Waals surface area contributed by atoms with Crippen molar-refractivity contribution >= 4 is 27.4 Å². The summed E-state index contributed by atoms with van der Waals surface area (Å²) in [5, 5.41) is 0. The first kappa shape index (κ1) is 25.6. The topological polar surface area (TPSA) is 35.5 Å². The minimum absolute atomic E-state index is 0.0344. The molecule has 26 heavy (non-hydrogen) atoms. The lowest BCUT2D eigenvalue weighted by molar-refractivity contribution is 0.229. The summed E-state index contributed by atoms with van der Waals surface area (Å²) in [6.07, 6.45) is 24.9. The van der Waals surface area contributed by atoms with Crippen LogP contribution in [-0.2, 0) is 13.6 Å². The smallest absolute Gasteiger partial charge is 0.165 e. The van der Waals surface area contributed by atoms with E-state index in [0.717, 1.165) is 32.1 Å². The zero-order valence-electron chi connectivity index (χ0n) is 15.9. The molecule has 0 aliphatic rings. The summed E-state index contributed by atoms with van der Waals surface area (Å²) in [7, 11) is 4.69. The lowest BCUT2D eigenvalue weighted by Gasteiger charge is -2.17. The largest absolute Gasteiger partial charge is 0.361 e. The summed E-state index contributed by atoms with van der Waals surface area (Å²) in [6.45, 7) is 4.25. The molecule has 3 nitrogen and oxygen atoms in total. The van der Waals surface area contributed by atoms with E-state index in [1.807, 2.05) is 48.6 Å². The van der Waals surface area contributed by atoms with Crippen molar-refractivity contribution in [2.24, 2.45) is 0 Å². The predicted octanol–water partition coefficient (Wildman–Crippen LogP) is 6.77. The molecule has 0 aliphatic heterocycles. The van der Waals surface area contributed by atoms with Gasteiger partial charge in [0.1, 0.15) is 0 Å². The van der Waals surface area contributed by atoms with E-state index in [4.69, 9.17) is 9.05 Å². The van der Waals surface area contributed by atoms with Crippen molar-refractivity contribution in [2.75, 3.05) is 0 Å². The van der Waals surface area contributed by atoms with Crippen LogP contribution in [0, 0.1) is 0 Å². The fraction of sp³-hybridized carbons (Fsp3) is 0.500. The SMILES string of the molecule is CC/C=C\CC(/C=C/C=C\C=C\C=C\C(P=O)C(CCCC)OP)OP. The van der Waals surface area contributed by atoms with Gasteiger partial charge in [0.15, 0.2) is 8.46 Å². The molecule has 0 saturated heterocycles. The second-order valence-electron chi connectivity index (χ2n) is 5.74. The Kier molecular flexibility index (Phi) is 19.0. The van der Waals surface area contributed by atoms with Gasteiger partial charge in [-0.2, -0.15) is 0 Å². The zero-order chi connectivity index (χ0) is 19.5. The van der Waals surface area contributed by atoms with Gasteiger partial charge in [0.25, 0.3) is 0 Å². The fourth-order valence-electron chi connectivity index (χ4n) is 2.15. The normalized spacial score (nSPS) is 16.8. The Hall–Kier alpha value is -0.420. The number of hydrogen-bond acceptors (Lipinski definition) is 3. The van der Waals surface area contributed by atoms with E-state index in [1.54, 1.807) is 0 Å². The van der Waals surface area contributed by atoms with Crippen LogP contribution in [-0.4, -0.2) is 17.9 Å². The van der Waals surface area contributed by atoms with Crippen molar-refractivity contribution in [3.63, 3.8) is 0 Å². The molecule has 5 atom stereocenters. The van der Waals surface area contributed by atoms with Crippen LogP contribution in [0.15, 0.2) is 60.8 Å². The Balaban J connectivity index is 4.38. The van der Waals surface area contributed by atoms with Crippen LogP contribution in [0.3, 0.4) is 0 Å². The van der Waals surface area contributed by atoms with Crippen LogP contribution in [0.2, 0.25) is 0 Å². The number of hydrogen-bond donors (Lipinski definition) is 0. The molecule has 0 amide bonds. The van der Waals surface area contributed by atoms with E-state index in [9.17, 15) is 4.57 Å². The third-order valence-electron chi connectivity index (χ3n) is 3.65. The first-order valence-electron chi connectivity index (χ1n) is 9.10.